The molecule has 2 unspecified atom stereocenters. The van der Waals surface area contributed by atoms with Crippen molar-refractivity contribution in [3.05, 3.63) is 53.3 Å². The molecule has 2 aromatic rings. The van der Waals surface area contributed by atoms with Crippen molar-refractivity contribution >= 4 is 14.1 Å². The van der Waals surface area contributed by atoms with Crippen LogP contribution in [0, 0.1) is 0 Å². The fourth-order valence-corrected chi connectivity index (χ4v) is 4.51. The van der Waals surface area contributed by atoms with Gasteiger partial charge in [-0.05, 0) is 36.2 Å². The van der Waals surface area contributed by atoms with E-state index in [2.05, 4.69) is 63.2 Å². The van der Waals surface area contributed by atoms with Crippen molar-refractivity contribution in [2.24, 2.45) is 0 Å². The summed E-state index contributed by atoms with van der Waals surface area (Å²) in [6.07, 6.45) is 4.46. The van der Waals surface area contributed by atoms with Crippen molar-refractivity contribution in [2.75, 3.05) is 0 Å². The summed E-state index contributed by atoms with van der Waals surface area (Å²) in [5.74, 6) is 0.0411. The summed E-state index contributed by atoms with van der Waals surface area (Å²) >= 11 is 0. The molecule has 0 bridgehead atoms. The van der Waals surface area contributed by atoms with Gasteiger partial charge in [0.25, 0.3) is 0 Å². The molecule has 0 amide bonds. The van der Waals surface area contributed by atoms with Crippen LogP contribution in [-0.4, -0.2) is 30.0 Å². The number of hydrogen-bond donors (Lipinski definition) is 0. The number of carbonyl (C=O) groups excluding carboxylic acids is 1. The Balaban J connectivity index is 1.99. The van der Waals surface area contributed by atoms with E-state index in [1.807, 2.05) is 10.9 Å². The van der Waals surface area contributed by atoms with Crippen molar-refractivity contribution in [1.29, 1.82) is 0 Å². The normalized spacial score (nSPS) is 20.6. The lowest BCUT2D eigenvalue weighted by Gasteiger charge is -2.40. The molecule has 1 aliphatic carbocycles. The van der Waals surface area contributed by atoms with Crippen molar-refractivity contribution in [3.8, 4) is 0 Å². The minimum absolute atomic E-state index is 0.0263. The van der Waals surface area contributed by atoms with E-state index in [0.717, 1.165) is 6.42 Å². The SMILES string of the molecule is CC(=O)c1cnn(C2c3ccccc3CC2O[Si](C)(C)C(C)(C)C)c1. The van der Waals surface area contributed by atoms with Crippen LogP contribution in [0.15, 0.2) is 36.7 Å². The molecule has 0 spiro atoms. The molecule has 4 nitrogen and oxygen atoms in total. The van der Waals surface area contributed by atoms with Gasteiger partial charge < -0.3 is 4.43 Å². The van der Waals surface area contributed by atoms with Gasteiger partial charge in [0.2, 0.25) is 0 Å². The molecular weight excluding hydrogens is 328 g/mol. The topological polar surface area (TPSA) is 44.1 Å². The predicted molar refractivity (Wildman–Crippen MR) is 103 cm³/mol. The Morgan fingerprint density at radius 3 is 2.56 bits per heavy atom. The highest BCUT2D eigenvalue weighted by Gasteiger charge is 2.44. The Morgan fingerprint density at radius 2 is 1.96 bits per heavy atom. The molecule has 0 saturated carbocycles. The van der Waals surface area contributed by atoms with E-state index in [0.29, 0.717) is 5.56 Å². The minimum Gasteiger partial charge on any atom is -0.411 e. The number of hydrogen-bond acceptors (Lipinski definition) is 3. The predicted octanol–water partition coefficient (Wildman–Crippen LogP) is 4.62. The highest BCUT2D eigenvalue weighted by Crippen LogP contribution is 2.43. The highest BCUT2D eigenvalue weighted by atomic mass is 28.4. The van der Waals surface area contributed by atoms with Crippen LogP contribution in [0.3, 0.4) is 0 Å². The first kappa shape index (κ1) is 18.1. The number of Topliss-reactive ketones (excluding diaryl/α,β-unsaturated/α-hetero) is 1. The molecule has 5 heteroatoms. The van der Waals surface area contributed by atoms with Crippen molar-refractivity contribution < 1.29 is 9.22 Å². The lowest BCUT2D eigenvalue weighted by Crippen LogP contribution is -2.45. The number of aromatic nitrogens is 2. The van der Waals surface area contributed by atoms with E-state index in [1.54, 1.807) is 13.1 Å². The van der Waals surface area contributed by atoms with Gasteiger partial charge in [-0.15, -0.1) is 0 Å². The fraction of sp³-hybridized carbons (Fsp3) is 0.500. The van der Waals surface area contributed by atoms with E-state index in [1.165, 1.54) is 11.1 Å². The Kier molecular flexibility index (Phi) is 4.50. The number of ketones is 1. The third kappa shape index (κ3) is 3.35. The number of nitrogens with zero attached hydrogens (tertiary/aromatic N) is 2. The smallest absolute Gasteiger partial charge is 0.192 e. The van der Waals surface area contributed by atoms with Gasteiger partial charge in [-0.2, -0.15) is 5.10 Å². The second-order valence-electron chi connectivity index (χ2n) is 8.53. The summed E-state index contributed by atoms with van der Waals surface area (Å²) in [7, 11) is -1.91. The third-order valence-corrected chi connectivity index (χ3v) is 10.2. The monoisotopic (exact) mass is 356 g/mol. The number of carbonyl (C=O) groups is 1. The number of benzene rings is 1. The van der Waals surface area contributed by atoms with E-state index >= 15 is 0 Å². The summed E-state index contributed by atoms with van der Waals surface area (Å²) in [5.41, 5.74) is 3.22. The highest BCUT2D eigenvalue weighted by molar-refractivity contribution is 6.74. The fourth-order valence-electron chi connectivity index (χ4n) is 3.18. The van der Waals surface area contributed by atoms with Gasteiger partial charge in [-0.3, -0.25) is 9.48 Å². The molecule has 0 radical (unpaired) electrons. The molecule has 1 aromatic carbocycles. The summed E-state index contributed by atoms with van der Waals surface area (Å²) in [6, 6.07) is 8.50. The maximum absolute atomic E-state index is 11.7. The number of fused-ring (bicyclic) bond motifs is 1. The van der Waals surface area contributed by atoms with Gasteiger partial charge in [0, 0.05) is 12.6 Å². The Hall–Kier alpha value is -1.72. The summed E-state index contributed by atoms with van der Waals surface area (Å²) in [4.78, 5) is 11.7. The van der Waals surface area contributed by atoms with E-state index in [9.17, 15) is 4.79 Å². The Labute approximate surface area is 151 Å². The molecule has 0 N–H and O–H groups in total. The molecule has 25 heavy (non-hydrogen) atoms. The van der Waals surface area contributed by atoms with Crippen LogP contribution < -0.4 is 0 Å². The van der Waals surface area contributed by atoms with Gasteiger partial charge in [0.05, 0.1) is 17.9 Å². The Bertz CT molecular complexity index is 789. The summed E-state index contributed by atoms with van der Waals surface area (Å²) in [5, 5.41) is 4.65. The van der Waals surface area contributed by atoms with Crippen LogP contribution in [0.5, 0.6) is 0 Å². The average molecular weight is 357 g/mol. The van der Waals surface area contributed by atoms with Crippen LogP contribution in [0.25, 0.3) is 0 Å². The van der Waals surface area contributed by atoms with Crippen molar-refractivity contribution in [2.45, 2.75) is 64.4 Å². The maximum Gasteiger partial charge on any atom is 0.192 e. The zero-order valence-electron chi connectivity index (χ0n) is 16.0. The van der Waals surface area contributed by atoms with Gasteiger partial charge in [0.1, 0.15) is 6.04 Å². The Morgan fingerprint density at radius 1 is 1.28 bits per heavy atom. The standard InChI is InChI=1S/C20H28N2O2Si/c1-14(23)16-12-21-22(13-16)19-17-10-8-7-9-15(17)11-18(19)24-25(5,6)20(2,3)4/h7-10,12-13,18-19H,11H2,1-6H3. The quantitative estimate of drug-likeness (QED) is 0.593. The maximum atomic E-state index is 11.7. The largest absolute Gasteiger partial charge is 0.411 e. The lowest BCUT2D eigenvalue weighted by molar-refractivity contribution is 0.101. The van der Waals surface area contributed by atoms with Crippen LogP contribution in [0.4, 0.5) is 0 Å². The molecule has 3 rings (SSSR count). The molecule has 1 aliphatic rings. The van der Waals surface area contributed by atoms with Gasteiger partial charge in [-0.25, -0.2) is 0 Å². The molecule has 2 atom stereocenters. The van der Waals surface area contributed by atoms with Crippen molar-refractivity contribution in [1.82, 2.24) is 9.78 Å². The molecule has 0 aliphatic heterocycles. The van der Waals surface area contributed by atoms with Gasteiger partial charge >= 0.3 is 0 Å². The third-order valence-electron chi connectivity index (χ3n) is 5.69. The van der Waals surface area contributed by atoms with Gasteiger partial charge in [-0.1, -0.05) is 45.0 Å². The van der Waals surface area contributed by atoms with Crippen LogP contribution in [0.2, 0.25) is 18.1 Å². The summed E-state index contributed by atoms with van der Waals surface area (Å²) < 4.78 is 8.69. The zero-order valence-corrected chi connectivity index (χ0v) is 17.0. The van der Waals surface area contributed by atoms with Crippen LogP contribution in [0.1, 0.15) is 55.2 Å². The first-order chi connectivity index (χ1) is 11.6. The van der Waals surface area contributed by atoms with Gasteiger partial charge in [0.15, 0.2) is 14.1 Å². The average Bonchev–Trinajstić information content (AvgIpc) is 3.09. The first-order valence-corrected chi connectivity index (χ1v) is 11.8. The minimum atomic E-state index is -1.91. The molecule has 1 heterocycles. The molecule has 134 valence electrons. The van der Waals surface area contributed by atoms with E-state index < -0.39 is 8.32 Å². The zero-order chi connectivity index (χ0) is 18.4. The molecule has 1 aromatic heterocycles. The van der Waals surface area contributed by atoms with Crippen molar-refractivity contribution in [3.63, 3.8) is 0 Å². The lowest BCUT2D eigenvalue weighted by atomic mass is 10.1. The second kappa shape index (κ2) is 6.22. The summed E-state index contributed by atoms with van der Waals surface area (Å²) in [6.45, 7) is 12.9. The van der Waals surface area contributed by atoms with E-state index in [4.69, 9.17) is 4.43 Å². The first-order valence-electron chi connectivity index (χ1n) is 8.91. The van der Waals surface area contributed by atoms with E-state index in [-0.39, 0.29) is 23.0 Å². The van der Waals surface area contributed by atoms with Crippen LogP contribution >= 0.6 is 0 Å². The second-order valence-corrected chi connectivity index (χ2v) is 13.3. The van der Waals surface area contributed by atoms with Crippen LogP contribution in [-0.2, 0) is 10.8 Å². The molecular formula is C20H28N2O2Si. The number of rotatable bonds is 4. The molecule has 0 fully saturated rings. The molecule has 0 saturated heterocycles.